The zero-order valence-corrected chi connectivity index (χ0v) is 14.8. The molecule has 0 atom stereocenters. The SMILES string of the molecule is COC(=O)C(=Cc1cc(OCc2ccccc2)c2ccccc2c1)OC. The molecule has 0 heterocycles. The normalized spacial score (nSPS) is 11.2. The summed E-state index contributed by atoms with van der Waals surface area (Å²) in [6, 6.07) is 21.8. The van der Waals surface area contributed by atoms with Gasteiger partial charge in [0.2, 0.25) is 5.76 Å². The third-order valence-corrected chi connectivity index (χ3v) is 3.99. The van der Waals surface area contributed by atoms with Crippen molar-refractivity contribution in [3.8, 4) is 5.75 Å². The topological polar surface area (TPSA) is 44.8 Å². The van der Waals surface area contributed by atoms with E-state index >= 15 is 0 Å². The zero-order chi connectivity index (χ0) is 18.4. The molecule has 3 aromatic carbocycles. The minimum atomic E-state index is -0.521. The summed E-state index contributed by atoms with van der Waals surface area (Å²) < 4.78 is 15.9. The summed E-state index contributed by atoms with van der Waals surface area (Å²) in [7, 11) is 2.76. The second kappa shape index (κ2) is 8.21. The molecule has 4 heteroatoms. The number of hydrogen-bond acceptors (Lipinski definition) is 4. The average Bonchev–Trinajstić information content (AvgIpc) is 2.70. The molecule has 0 spiro atoms. The first kappa shape index (κ1) is 17.5. The van der Waals surface area contributed by atoms with Crippen LogP contribution in [0.15, 0.2) is 72.5 Å². The molecule has 26 heavy (non-hydrogen) atoms. The van der Waals surface area contributed by atoms with Gasteiger partial charge in [0.1, 0.15) is 12.4 Å². The Labute approximate surface area is 152 Å². The standard InChI is InChI=1S/C22H20O4/c1-24-21(22(23)25-2)14-17-12-18-10-6-7-11-19(18)20(13-17)26-15-16-8-4-3-5-9-16/h3-14H,15H2,1-2H3. The van der Waals surface area contributed by atoms with Crippen LogP contribution >= 0.6 is 0 Å². The van der Waals surface area contributed by atoms with Crippen molar-refractivity contribution in [3.63, 3.8) is 0 Å². The number of carbonyl (C=O) groups excluding carboxylic acids is 1. The van der Waals surface area contributed by atoms with Gasteiger partial charge in [-0.15, -0.1) is 0 Å². The van der Waals surface area contributed by atoms with Gasteiger partial charge in [0.25, 0.3) is 0 Å². The highest BCUT2D eigenvalue weighted by Crippen LogP contribution is 2.29. The van der Waals surface area contributed by atoms with Crippen LogP contribution in [0.5, 0.6) is 5.75 Å². The summed E-state index contributed by atoms with van der Waals surface area (Å²) in [5.74, 6) is 0.364. The number of ether oxygens (including phenoxy) is 3. The Bertz CT molecular complexity index is 929. The van der Waals surface area contributed by atoms with Gasteiger partial charge < -0.3 is 14.2 Å². The van der Waals surface area contributed by atoms with Crippen LogP contribution in [0.1, 0.15) is 11.1 Å². The van der Waals surface area contributed by atoms with E-state index in [0.717, 1.165) is 27.6 Å². The molecule has 3 rings (SSSR count). The molecule has 0 radical (unpaired) electrons. The molecule has 0 aliphatic heterocycles. The van der Waals surface area contributed by atoms with E-state index in [4.69, 9.17) is 14.2 Å². The lowest BCUT2D eigenvalue weighted by molar-refractivity contribution is -0.139. The van der Waals surface area contributed by atoms with Gasteiger partial charge in [-0.25, -0.2) is 4.79 Å². The molecule has 0 amide bonds. The lowest BCUT2D eigenvalue weighted by Crippen LogP contribution is -2.06. The fraction of sp³-hybridized carbons (Fsp3) is 0.136. The average molecular weight is 348 g/mol. The molecule has 0 N–H and O–H groups in total. The first-order valence-electron chi connectivity index (χ1n) is 8.25. The molecular weight excluding hydrogens is 328 g/mol. The summed E-state index contributed by atoms with van der Waals surface area (Å²) >= 11 is 0. The lowest BCUT2D eigenvalue weighted by Gasteiger charge is -2.12. The van der Waals surface area contributed by atoms with Crippen molar-refractivity contribution in [1.82, 2.24) is 0 Å². The number of hydrogen-bond donors (Lipinski definition) is 0. The van der Waals surface area contributed by atoms with E-state index in [-0.39, 0.29) is 5.76 Å². The summed E-state index contributed by atoms with van der Waals surface area (Å²) in [6.07, 6.45) is 1.65. The Morgan fingerprint density at radius 1 is 0.923 bits per heavy atom. The molecule has 0 fully saturated rings. The van der Waals surface area contributed by atoms with Gasteiger partial charge in [0.05, 0.1) is 14.2 Å². The third kappa shape index (κ3) is 4.03. The molecule has 0 saturated carbocycles. The maximum absolute atomic E-state index is 11.8. The highest BCUT2D eigenvalue weighted by atomic mass is 16.6. The molecule has 0 saturated heterocycles. The second-order valence-corrected chi connectivity index (χ2v) is 5.72. The van der Waals surface area contributed by atoms with Crippen molar-refractivity contribution in [2.45, 2.75) is 6.61 Å². The van der Waals surface area contributed by atoms with Crippen molar-refractivity contribution in [2.24, 2.45) is 0 Å². The Balaban J connectivity index is 1.98. The predicted octanol–water partition coefficient (Wildman–Crippen LogP) is 4.58. The van der Waals surface area contributed by atoms with E-state index < -0.39 is 5.97 Å². The van der Waals surface area contributed by atoms with Gasteiger partial charge in [-0.05, 0) is 34.7 Å². The highest BCUT2D eigenvalue weighted by Gasteiger charge is 2.11. The van der Waals surface area contributed by atoms with Crippen molar-refractivity contribution in [3.05, 3.63) is 83.6 Å². The summed E-state index contributed by atoms with van der Waals surface area (Å²) in [4.78, 5) is 11.8. The van der Waals surface area contributed by atoms with Gasteiger partial charge in [-0.3, -0.25) is 0 Å². The van der Waals surface area contributed by atoms with Crippen LogP contribution in [0.4, 0.5) is 0 Å². The molecule has 0 bridgehead atoms. The van der Waals surface area contributed by atoms with E-state index in [1.165, 1.54) is 14.2 Å². The molecule has 132 valence electrons. The summed E-state index contributed by atoms with van der Waals surface area (Å²) in [6.45, 7) is 0.464. The number of carbonyl (C=O) groups is 1. The van der Waals surface area contributed by atoms with E-state index in [1.54, 1.807) is 6.08 Å². The largest absolute Gasteiger partial charge is 0.490 e. The van der Waals surface area contributed by atoms with E-state index in [1.807, 2.05) is 66.7 Å². The predicted molar refractivity (Wildman–Crippen MR) is 102 cm³/mol. The van der Waals surface area contributed by atoms with Gasteiger partial charge in [-0.1, -0.05) is 54.6 Å². The van der Waals surface area contributed by atoms with Gasteiger partial charge >= 0.3 is 5.97 Å². The van der Waals surface area contributed by atoms with Crippen molar-refractivity contribution in [1.29, 1.82) is 0 Å². The minimum Gasteiger partial charge on any atom is -0.490 e. The monoisotopic (exact) mass is 348 g/mol. The maximum atomic E-state index is 11.8. The third-order valence-electron chi connectivity index (χ3n) is 3.99. The molecule has 0 unspecified atom stereocenters. The number of methoxy groups -OCH3 is 2. The Morgan fingerprint density at radius 3 is 2.38 bits per heavy atom. The van der Waals surface area contributed by atoms with Crippen LogP contribution in [0, 0.1) is 0 Å². The zero-order valence-electron chi connectivity index (χ0n) is 14.8. The van der Waals surface area contributed by atoms with Crippen molar-refractivity contribution in [2.75, 3.05) is 14.2 Å². The first-order chi connectivity index (χ1) is 12.7. The molecule has 0 aliphatic carbocycles. The van der Waals surface area contributed by atoms with Crippen molar-refractivity contribution < 1.29 is 19.0 Å². The molecule has 4 nitrogen and oxygen atoms in total. The Kier molecular flexibility index (Phi) is 5.54. The minimum absolute atomic E-state index is 0.136. The number of esters is 1. The highest BCUT2D eigenvalue weighted by molar-refractivity contribution is 5.94. The van der Waals surface area contributed by atoms with Gasteiger partial charge in [0, 0.05) is 5.39 Å². The Morgan fingerprint density at radius 2 is 1.65 bits per heavy atom. The Hall–Kier alpha value is -3.27. The lowest BCUT2D eigenvalue weighted by atomic mass is 10.0. The number of rotatable bonds is 6. The van der Waals surface area contributed by atoms with Crippen LogP contribution in [-0.4, -0.2) is 20.2 Å². The van der Waals surface area contributed by atoms with Crippen LogP contribution in [0.3, 0.4) is 0 Å². The van der Waals surface area contributed by atoms with Gasteiger partial charge in [0.15, 0.2) is 0 Å². The quantitative estimate of drug-likeness (QED) is 0.372. The molecule has 0 aliphatic rings. The summed E-state index contributed by atoms with van der Waals surface area (Å²) in [5, 5.41) is 2.03. The smallest absolute Gasteiger partial charge is 0.373 e. The fourth-order valence-corrected chi connectivity index (χ4v) is 2.69. The molecule has 0 aromatic heterocycles. The van der Waals surface area contributed by atoms with Gasteiger partial charge in [-0.2, -0.15) is 0 Å². The number of fused-ring (bicyclic) bond motifs is 1. The van der Waals surface area contributed by atoms with Crippen LogP contribution in [-0.2, 0) is 20.9 Å². The van der Waals surface area contributed by atoms with Crippen molar-refractivity contribution >= 4 is 22.8 Å². The molecular formula is C22H20O4. The van der Waals surface area contributed by atoms with Crippen LogP contribution in [0.25, 0.3) is 16.8 Å². The summed E-state index contributed by atoms with van der Waals surface area (Å²) in [5.41, 5.74) is 1.89. The van der Waals surface area contributed by atoms with Crippen LogP contribution in [0.2, 0.25) is 0 Å². The maximum Gasteiger partial charge on any atom is 0.373 e. The number of benzene rings is 3. The molecule has 3 aromatic rings. The van der Waals surface area contributed by atoms with E-state index in [0.29, 0.717) is 6.61 Å². The first-order valence-corrected chi connectivity index (χ1v) is 8.25. The van der Waals surface area contributed by atoms with Crippen LogP contribution < -0.4 is 4.74 Å². The van der Waals surface area contributed by atoms with E-state index in [2.05, 4.69) is 0 Å². The van der Waals surface area contributed by atoms with E-state index in [9.17, 15) is 4.79 Å². The second-order valence-electron chi connectivity index (χ2n) is 5.72. The fourth-order valence-electron chi connectivity index (χ4n) is 2.69.